The summed E-state index contributed by atoms with van der Waals surface area (Å²) in [6.45, 7) is 3.49. The maximum Gasteiger partial charge on any atom is 0.288 e. The Bertz CT molecular complexity index is 742. The van der Waals surface area contributed by atoms with Crippen LogP contribution in [-0.2, 0) is 6.67 Å². The van der Waals surface area contributed by atoms with Crippen molar-refractivity contribution in [2.24, 2.45) is 0 Å². The third kappa shape index (κ3) is 3.65. The molecule has 0 spiro atoms. The molecule has 0 atom stereocenters. The van der Waals surface area contributed by atoms with Crippen molar-refractivity contribution in [2.75, 3.05) is 31.1 Å². The Balaban J connectivity index is 1.62. The van der Waals surface area contributed by atoms with Gasteiger partial charge in [-0.2, -0.15) is 5.10 Å². The molecular weight excluding hydrogens is 342 g/mol. The molecule has 1 saturated heterocycles. The van der Waals surface area contributed by atoms with E-state index in [0.29, 0.717) is 6.67 Å². The largest absolute Gasteiger partial charge is 0.369 e. The highest BCUT2D eigenvalue weighted by Gasteiger charge is 2.18. The first kappa shape index (κ1) is 16.2. The van der Waals surface area contributed by atoms with E-state index in [1.807, 2.05) is 0 Å². The summed E-state index contributed by atoms with van der Waals surface area (Å²) in [7, 11) is 0. The molecule has 2 aromatic rings. The molecular formula is C15H15Cl2FN4O. The molecule has 0 amide bonds. The van der Waals surface area contributed by atoms with E-state index in [-0.39, 0.29) is 21.4 Å². The highest BCUT2D eigenvalue weighted by molar-refractivity contribution is 6.41. The van der Waals surface area contributed by atoms with Crippen LogP contribution in [0.2, 0.25) is 10.0 Å². The number of nitrogens with zero attached hydrogens (tertiary/aromatic N) is 4. The van der Waals surface area contributed by atoms with Crippen molar-refractivity contribution in [1.29, 1.82) is 0 Å². The lowest BCUT2D eigenvalue weighted by Crippen LogP contribution is -2.48. The van der Waals surface area contributed by atoms with Crippen molar-refractivity contribution in [3.63, 3.8) is 0 Å². The molecule has 0 saturated carbocycles. The molecule has 122 valence electrons. The van der Waals surface area contributed by atoms with Gasteiger partial charge in [0.25, 0.3) is 5.56 Å². The fourth-order valence-electron chi connectivity index (χ4n) is 2.53. The molecule has 1 aromatic heterocycles. The van der Waals surface area contributed by atoms with E-state index < -0.39 is 0 Å². The van der Waals surface area contributed by atoms with Crippen LogP contribution in [0.4, 0.5) is 10.1 Å². The molecule has 0 bridgehead atoms. The fraction of sp³-hybridized carbons (Fsp3) is 0.333. The Labute approximate surface area is 142 Å². The van der Waals surface area contributed by atoms with E-state index in [9.17, 15) is 9.18 Å². The molecule has 0 unspecified atom stereocenters. The van der Waals surface area contributed by atoms with Crippen LogP contribution in [0.15, 0.2) is 35.3 Å². The van der Waals surface area contributed by atoms with Crippen LogP contribution in [0, 0.1) is 5.82 Å². The zero-order valence-corrected chi connectivity index (χ0v) is 13.8. The molecule has 0 N–H and O–H groups in total. The molecule has 0 aliphatic carbocycles. The zero-order valence-electron chi connectivity index (χ0n) is 12.3. The summed E-state index contributed by atoms with van der Waals surface area (Å²) in [4.78, 5) is 16.3. The number of halogens is 3. The molecule has 1 aliphatic rings. The lowest BCUT2D eigenvalue weighted by atomic mass is 10.2. The maximum atomic E-state index is 13.0. The molecule has 8 heteroatoms. The number of hydrogen-bond donors (Lipinski definition) is 0. The monoisotopic (exact) mass is 356 g/mol. The van der Waals surface area contributed by atoms with Gasteiger partial charge < -0.3 is 4.90 Å². The van der Waals surface area contributed by atoms with Gasteiger partial charge in [-0.15, -0.1) is 0 Å². The summed E-state index contributed by atoms with van der Waals surface area (Å²) in [6, 6.07) is 6.47. The van der Waals surface area contributed by atoms with Crippen molar-refractivity contribution in [1.82, 2.24) is 14.7 Å². The second kappa shape index (κ2) is 6.86. The Hall–Kier alpha value is -1.63. The molecule has 2 heterocycles. The minimum absolute atomic E-state index is 0.00776. The predicted molar refractivity (Wildman–Crippen MR) is 88.7 cm³/mol. The molecule has 5 nitrogen and oxygen atoms in total. The molecule has 1 aliphatic heterocycles. The van der Waals surface area contributed by atoms with Gasteiger partial charge in [0.15, 0.2) is 0 Å². The van der Waals surface area contributed by atoms with E-state index >= 15 is 0 Å². The lowest BCUT2D eigenvalue weighted by molar-refractivity contribution is 0.191. The molecule has 0 radical (unpaired) electrons. The number of rotatable bonds is 3. The van der Waals surface area contributed by atoms with Crippen molar-refractivity contribution >= 4 is 28.9 Å². The van der Waals surface area contributed by atoms with Gasteiger partial charge in [0.1, 0.15) is 10.8 Å². The third-order valence-corrected chi connectivity index (χ3v) is 4.59. The Morgan fingerprint density at radius 3 is 2.39 bits per heavy atom. The van der Waals surface area contributed by atoms with Crippen LogP contribution in [0.25, 0.3) is 0 Å². The standard InChI is InChI=1S/C15H15Cl2FN4O/c16-13-9-19-22(15(23)14(13)17)10-20-5-7-21(8-6-20)12-3-1-11(18)2-4-12/h1-4,9H,5-8,10H2. The van der Waals surface area contributed by atoms with Crippen molar-refractivity contribution in [3.8, 4) is 0 Å². The first-order chi connectivity index (χ1) is 11.0. The smallest absolute Gasteiger partial charge is 0.288 e. The average molecular weight is 357 g/mol. The van der Waals surface area contributed by atoms with Gasteiger partial charge in [-0.3, -0.25) is 9.69 Å². The molecule has 23 heavy (non-hydrogen) atoms. The van der Waals surface area contributed by atoms with Crippen molar-refractivity contribution in [2.45, 2.75) is 6.67 Å². The first-order valence-electron chi connectivity index (χ1n) is 7.18. The van der Waals surface area contributed by atoms with Gasteiger partial charge in [-0.05, 0) is 24.3 Å². The first-order valence-corrected chi connectivity index (χ1v) is 7.94. The molecule has 3 rings (SSSR count). The highest BCUT2D eigenvalue weighted by atomic mass is 35.5. The van der Waals surface area contributed by atoms with Crippen LogP contribution in [0.1, 0.15) is 0 Å². The van der Waals surface area contributed by atoms with Crippen molar-refractivity contribution < 1.29 is 4.39 Å². The maximum absolute atomic E-state index is 13.0. The van der Waals surface area contributed by atoms with Gasteiger partial charge in [0.2, 0.25) is 0 Å². The Morgan fingerprint density at radius 2 is 1.74 bits per heavy atom. The van der Waals surface area contributed by atoms with E-state index in [1.54, 1.807) is 12.1 Å². The van der Waals surface area contributed by atoms with Crippen LogP contribution >= 0.6 is 23.2 Å². The number of piperazine rings is 1. The lowest BCUT2D eigenvalue weighted by Gasteiger charge is -2.36. The Kier molecular flexibility index (Phi) is 4.84. The number of hydrogen-bond acceptors (Lipinski definition) is 4. The van der Waals surface area contributed by atoms with Crippen LogP contribution in [0.3, 0.4) is 0 Å². The second-order valence-corrected chi connectivity index (χ2v) is 6.12. The summed E-state index contributed by atoms with van der Waals surface area (Å²) in [5, 5.41) is 4.16. The van der Waals surface area contributed by atoms with Gasteiger partial charge in [0.05, 0.1) is 17.9 Å². The van der Waals surface area contributed by atoms with Gasteiger partial charge in [0, 0.05) is 31.9 Å². The zero-order chi connectivity index (χ0) is 16.4. The van der Waals surface area contributed by atoms with Crippen LogP contribution < -0.4 is 10.5 Å². The van der Waals surface area contributed by atoms with Crippen LogP contribution in [0.5, 0.6) is 0 Å². The van der Waals surface area contributed by atoms with Gasteiger partial charge in [-0.25, -0.2) is 9.07 Å². The third-order valence-electron chi connectivity index (χ3n) is 3.84. The minimum atomic E-state index is -0.389. The number of aromatic nitrogens is 2. The summed E-state index contributed by atoms with van der Waals surface area (Å²) in [5.41, 5.74) is 0.607. The summed E-state index contributed by atoms with van der Waals surface area (Å²) < 4.78 is 14.3. The Morgan fingerprint density at radius 1 is 1.09 bits per heavy atom. The summed E-state index contributed by atoms with van der Waals surface area (Å²) in [6.07, 6.45) is 1.38. The normalized spacial score (nSPS) is 15.9. The van der Waals surface area contributed by atoms with Crippen molar-refractivity contribution in [3.05, 3.63) is 56.7 Å². The van der Waals surface area contributed by atoms with E-state index in [0.717, 1.165) is 31.9 Å². The van der Waals surface area contributed by atoms with E-state index in [1.165, 1.54) is 23.0 Å². The van der Waals surface area contributed by atoms with E-state index in [4.69, 9.17) is 23.2 Å². The number of anilines is 1. The fourth-order valence-corrected chi connectivity index (χ4v) is 2.81. The minimum Gasteiger partial charge on any atom is -0.369 e. The van der Waals surface area contributed by atoms with Gasteiger partial charge in [-0.1, -0.05) is 23.2 Å². The van der Waals surface area contributed by atoms with E-state index in [2.05, 4.69) is 14.9 Å². The van der Waals surface area contributed by atoms with Gasteiger partial charge >= 0.3 is 0 Å². The SMILES string of the molecule is O=c1c(Cl)c(Cl)cnn1CN1CCN(c2ccc(F)cc2)CC1. The predicted octanol–water partition coefficient (Wildman–Crippen LogP) is 2.47. The second-order valence-electron chi connectivity index (χ2n) is 5.33. The molecule has 1 aromatic carbocycles. The summed E-state index contributed by atoms with van der Waals surface area (Å²) in [5.74, 6) is -0.238. The average Bonchev–Trinajstić information content (AvgIpc) is 2.57. The quantitative estimate of drug-likeness (QED) is 0.847. The highest BCUT2D eigenvalue weighted by Crippen LogP contribution is 2.17. The number of benzene rings is 1. The summed E-state index contributed by atoms with van der Waals surface area (Å²) >= 11 is 11.6. The molecule has 1 fully saturated rings. The van der Waals surface area contributed by atoms with Crippen LogP contribution in [-0.4, -0.2) is 40.9 Å². The topological polar surface area (TPSA) is 41.4 Å².